The highest BCUT2D eigenvalue weighted by molar-refractivity contribution is 6.07. The number of aromatic hydroxyl groups is 1. The van der Waals surface area contributed by atoms with Crippen LogP contribution in [0.2, 0.25) is 0 Å². The second kappa shape index (κ2) is 7.52. The minimum Gasteiger partial charge on any atom is -0.506 e. The molecule has 0 fully saturated rings. The van der Waals surface area contributed by atoms with E-state index in [0.717, 1.165) is 0 Å². The van der Waals surface area contributed by atoms with Crippen molar-refractivity contribution < 1.29 is 14.6 Å². The number of phenolic OH excluding ortho intramolecular Hbond substituents is 1. The van der Waals surface area contributed by atoms with E-state index < -0.39 is 5.91 Å². The van der Waals surface area contributed by atoms with Crippen molar-refractivity contribution in [1.82, 2.24) is 0 Å². The molecule has 6 nitrogen and oxygen atoms in total. The van der Waals surface area contributed by atoms with Crippen molar-refractivity contribution in [2.45, 2.75) is 0 Å². The number of benzene rings is 2. The Labute approximate surface area is 133 Å². The van der Waals surface area contributed by atoms with E-state index >= 15 is 0 Å². The lowest BCUT2D eigenvalue weighted by molar-refractivity contribution is -0.112. The van der Waals surface area contributed by atoms with Gasteiger partial charge in [0.15, 0.2) is 0 Å². The van der Waals surface area contributed by atoms with Gasteiger partial charge in [-0.05, 0) is 24.3 Å². The van der Waals surface area contributed by atoms with Crippen LogP contribution in [-0.2, 0) is 4.79 Å². The maximum Gasteiger partial charge on any atom is 0.267 e. The number of rotatable bonds is 5. The third-order valence-electron chi connectivity index (χ3n) is 2.97. The fourth-order valence-corrected chi connectivity index (χ4v) is 1.79. The molecule has 0 aromatic heterocycles. The number of methoxy groups -OCH3 is 1. The van der Waals surface area contributed by atoms with Crippen LogP contribution in [0.3, 0.4) is 0 Å². The Morgan fingerprint density at radius 1 is 1.26 bits per heavy atom. The number of anilines is 2. The summed E-state index contributed by atoms with van der Waals surface area (Å²) in [5, 5.41) is 24.1. The minimum absolute atomic E-state index is 0.0705. The number of ether oxygens (including phenoxy) is 1. The first-order valence-corrected chi connectivity index (χ1v) is 6.74. The van der Waals surface area contributed by atoms with E-state index in [1.807, 2.05) is 6.07 Å². The van der Waals surface area contributed by atoms with Crippen molar-refractivity contribution in [2.75, 3.05) is 17.7 Å². The molecule has 0 unspecified atom stereocenters. The van der Waals surface area contributed by atoms with Crippen LogP contribution in [-0.4, -0.2) is 18.1 Å². The number of nitrogens with one attached hydrogen (secondary N) is 2. The van der Waals surface area contributed by atoms with E-state index in [4.69, 9.17) is 10.00 Å². The van der Waals surface area contributed by atoms with Crippen LogP contribution >= 0.6 is 0 Å². The Hall–Kier alpha value is -3.46. The van der Waals surface area contributed by atoms with Crippen LogP contribution in [0.4, 0.5) is 11.4 Å². The molecule has 0 heterocycles. The summed E-state index contributed by atoms with van der Waals surface area (Å²) >= 11 is 0. The summed E-state index contributed by atoms with van der Waals surface area (Å²) in [5.74, 6) is -0.0381. The van der Waals surface area contributed by atoms with Crippen molar-refractivity contribution in [3.8, 4) is 17.6 Å². The summed E-state index contributed by atoms with van der Waals surface area (Å²) < 4.78 is 5.09. The number of nitrogens with zero attached hydrogens (tertiary/aromatic N) is 1. The first-order chi connectivity index (χ1) is 11.1. The molecule has 6 heteroatoms. The predicted molar refractivity (Wildman–Crippen MR) is 87.0 cm³/mol. The maximum absolute atomic E-state index is 12.1. The van der Waals surface area contributed by atoms with Gasteiger partial charge in [-0.25, -0.2) is 0 Å². The fraction of sp³-hybridized carbons (Fsp3) is 0.0588. The lowest BCUT2D eigenvalue weighted by atomic mass is 10.2. The zero-order valence-electron chi connectivity index (χ0n) is 12.4. The van der Waals surface area contributed by atoms with Crippen LogP contribution in [0.5, 0.6) is 11.5 Å². The van der Waals surface area contributed by atoms with Gasteiger partial charge in [0.2, 0.25) is 0 Å². The van der Waals surface area contributed by atoms with Crippen molar-refractivity contribution in [1.29, 1.82) is 5.26 Å². The quantitative estimate of drug-likeness (QED) is 0.448. The second-order valence-electron chi connectivity index (χ2n) is 4.52. The van der Waals surface area contributed by atoms with E-state index in [9.17, 15) is 9.90 Å². The number of nitriles is 1. The van der Waals surface area contributed by atoms with Crippen LogP contribution in [0, 0.1) is 11.3 Å². The molecule has 1 amide bonds. The lowest BCUT2D eigenvalue weighted by Gasteiger charge is -2.07. The molecule has 0 aliphatic rings. The summed E-state index contributed by atoms with van der Waals surface area (Å²) in [6, 6.07) is 15.2. The molecule has 0 aliphatic carbocycles. The molecular formula is C17H15N3O3. The van der Waals surface area contributed by atoms with Gasteiger partial charge in [0.25, 0.3) is 5.91 Å². The fourth-order valence-electron chi connectivity index (χ4n) is 1.79. The topological polar surface area (TPSA) is 94.4 Å². The highest BCUT2D eigenvalue weighted by Gasteiger charge is 2.11. The van der Waals surface area contributed by atoms with Gasteiger partial charge in [-0.3, -0.25) is 4.79 Å². The Bertz CT molecular complexity index is 779. The van der Waals surface area contributed by atoms with Gasteiger partial charge in [0, 0.05) is 18.0 Å². The van der Waals surface area contributed by atoms with Gasteiger partial charge < -0.3 is 20.5 Å². The molecule has 3 N–H and O–H groups in total. The van der Waals surface area contributed by atoms with Gasteiger partial charge >= 0.3 is 0 Å². The molecule has 2 aromatic carbocycles. The summed E-state index contributed by atoms with van der Waals surface area (Å²) in [7, 11) is 1.55. The summed E-state index contributed by atoms with van der Waals surface area (Å²) in [6.07, 6.45) is 1.30. The smallest absolute Gasteiger partial charge is 0.267 e. The Balaban J connectivity index is 2.10. The van der Waals surface area contributed by atoms with E-state index in [1.54, 1.807) is 43.5 Å². The number of hydrogen-bond acceptors (Lipinski definition) is 5. The minimum atomic E-state index is -0.621. The molecule has 0 saturated carbocycles. The third-order valence-corrected chi connectivity index (χ3v) is 2.97. The number of hydrogen-bond donors (Lipinski definition) is 3. The van der Waals surface area contributed by atoms with Gasteiger partial charge in [-0.2, -0.15) is 5.26 Å². The number of phenols is 1. The predicted octanol–water partition coefficient (Wildman–Crippen LogP) is 2.86. The molecule has 2 rings (SSSR count). The normalized spacial score (nSPS) is 10.5. The molecule has 23 heavy (non-hydrogen) atoms. The Morgan fingerprint density at radius 2 is 2.04 bits per heavy atom. The average Bonchev–Trinajstić information content (AvgIpc) is 2.57. The largest absolute Gasteiger partial charge is 0.506 e. The van der Waals surface area contributed by atoms with Gasteiger partial charge in [0.05, 0.1) is 12.8 Å². The summed E-state index contributed by atoms with van der Waals surface area (Å²) in [4.78, 5) is 12.1. The van der Waals surface area contributed by atoms with Crippen LogP contribution in [0.25, 0.3) is 0 Å². The molecule has 0 radical (unpaired) electrons. The molecular weight excluding hydrogens is 294 g/mol. The highest BCUT2D eigenvalue weighted by atomic mass is 16.5. The van der Waals surface area contributed by atoms with Crippen molar-refractivity contribution in [3.05, 3.63) is 60.3 Å². The molecule has 2 aromatic rings. The maximum atomic E-state index is 12.1. The van der Waals surface area contributed by atoms with E-state index in [2.05, 4.69) is 10.6 Å². The zero-order chi connectivity index (χ0) is 16.7. The molecule has 116 valence electrons. The van der Waals surface area contributed by atoms with Crippen LogP contribution < -0.4 is 15.4 Å². The number of carbonyl (C=O) groups is 1. The monoisotopic (exact) mass is 309 g/mol. The first-order valence-electron chi connectivity index (χ1n) is 6.74. The molecule has 0 saturated heterocycles. The molecule has 0 spiro atoms. The van der Waals surface area contributed by atoms with Gasteiger partial charge in [0.1, 0.15) is 23.1 Å². The van der Waals surface area contributed by atoms with Crippen molar-refractivity contribution in [2.24, 2.45) is 0 Å². The average molecular weight is 309 g/mol. The summed E-state index contributed by atoms with van der Waals surface area (Å²) in [6.45, 7) is 0. The molecule has 0 aliphatic heterocycles. The number of para-hydroxylation sites is 2. The Kier molecular flexibility index (Phi) is 5.21. The highest BCUT2D eigenvalue weighted by Crippen LogP contribution is 2.22. The third kappa shape index (κ3) is 4.25. The Morgan fingerprint density at radius 3 is 2.74 bits per heavy atom. The van der Waals surface area contributed by atoms with E-state index in [-0.39, 0.29) is 17.0 Å². The standard InChI is InChI=1S/C17H15N3O3/c1-23-14-6-4-5-13(9-14)19-11-12(10-18)17(22)20-15-7-2-3-8-16(15)21/h2-9,11,19,21H,1H3,(H,20,22)/b12-11-. The van der Waals surface area contributed by atoms with Gasteiger partial charge in [-0.1, -0.05) is 18.2 Å². The molecule has 0 atom stereocenters. The van der Waals surface area contributed by atoms with E-state index in [0.29, 0.717) is 11.4 Å². The van der Waals surface area contributed by atoms with E-state index in [1.165, 1.54) is 18.3 Å². The number of carbonyl (C=O) groups excluding carboxylic acids is 1. The number of amides is 1. The zero-order valence-corrected chi connectivity index (χ0v) is 12.4. The lowest BCUT2D eigenvalue weighted by Crippen LogP contribution is -2.14. The van der Waals surface area contributed by atoms with Crippen LogP contribution in [0.15, 0.2) is 60.3 Å². The second-order valence-corrected chi connectivity index (χ2v) is 4.52. The first kappa shape index (κ1) is 15.9. The molecule has 0 bridgehead atoms. The summed E-state index contributed by atoms with van der Waals surface area (Å²) in [5.41, 5.74) is 0.781. The van der Waals surface area contributed by atoms with Gasteiger partial charge in [-0.15, -0.1) is 0 Å². The van der Waals surface area contributed by atoms with Crippen LogP contribution in [0.1, 0.15) is 0 Å². The van der Waals surface area contributed by atoms with Crippen molar-refractivity contribution >= 4 is 17.3 Å². The SMILES string of the molecule is COc1cccc(N/C=C(/C#N)C(=O)Nc2ccccc2O)c1. The van der Waals surface area contributed by atoms with Crippen molar-refractivity contribution in [3.63, 3.8) is 0 Å².